The molecule has 0 aromatic carbocycles. The predicted octanol–water partition coefficient (Wildman–Crippen LogP) is 2.09. The summed E-state index contributed by atoms with van der Waals surface area (Å²) >= 11 is 4.57. The Bertz CT molecular complexity index is 686. The van der Waals surface area contributed by atoms with Crippen LogP contribution >= 0.6 is 27.7 Å². The van der Waals surface area contributed by atoms with Gasteiger partial charge in [0.2, 0.25) is 0 Å². The van der Waals surface area contributed by atoms with Gasteiger partial charge in [-0.2, -0.15) is 0 Å². The molecule has 1 aromatic rings. The van der Waals surface area contributed by atoms with Crippen molar-refractivity contribution >= 4 is 45.6 Å². The van der Waals surface area contributed by atoms with Gasteiger partial charge >= 0.3 is 17.9 Å². The molecule has 0 aliphatic carbocycles. The molecule has 1 fully saturated rings. The number of carbonyl (C=O) groups excluding carboxylic acids is 3. The summed E-state index contributed by atoms with van der Waals surface area (Å²) in [7, 11) is 0. The molecule has 142 valence electrons. The average molecular weight is 448 g/mol. The number of hydrogen-bond donors (Lipinski definition) is 0. The van der Waals surface area contributed by atoms with E-state index < -0.39 is 41.7 Å². The number of esters is 3. The number of rotatable bonds is 5. The van der Waals surface area contributed by atoms with Crippen LogP contribution in [-0.4, -0.2) is 52.4 Å². The normalized spacial score (nSPS) is 25.1. The smallest absolute Gasteiger partial charge is 0.303 e. The second kappa shape index (κ2) is 9.22. The molecule has 0 amide bonds. The summed E-state index contributed by atoms with van der Waals surface area (Å²) in [5.74, 6) is -0.941. The minimum Gasteiger partial charge on any atom is -0.473 e. The quantitative estimate of drug-likeness (QED) is 0.381. The second-order valence-corrected chi connectivity index (χ2v) is 7.29. The highest BCUT2D eigenvalue weighted by molar-refractivity contribution is 9.10. The van der Waals surface area contributed by atoms with E-state index in [0.717, 1.165) is 0 Å². The molecule has 0 bridgehead atoms. The molecule has 2 rings (SSSR count). The van der Waals surface area contributed by atoms with Gasteiger partial charge in [-0.1, -0.05) is 0 Å². The van der Waals surface area contributed by atoms with Crippen molar-refractivity contribution in [1.82, 2.24) is 4.98 Å². The van der Waals surface area contributed by atoms with Crippen LogP contribution in [0.15, 0.2) is 22.9 Å². The third-order valence-corrected chi connectivity index (χ3v) is 5.08. The zero-order valence-corrected chi connectivity index (χ0v) is 16.7. The first-order valence-corrected chi connectivity index (χ1v) is 9.52. The molecule has 1 aliphatic rings. The fourth-order valence-corrected chi connectivity index (χ4v) is 3.95. The van der Waals surface area contributed by atoms with Crippen molar-refractivity contribution < 1.29 is 33.3 Å². The van der Waals surface area contributed by atoms with Crippen molar-refractivity contribution in [2.45, 2.75) is 44.5 Å². The predicted molar refractivity (Wildman–Crippen MR) is 95.5 cm³/mol. The van der Waals surface area contributed by atoms with E-state index in [2.05, 4.69) is 20.9 Å². The van der Waals surface area contributed by atoms with Crippen LogP contribution in [0.1, 0.15) is 20.8 Å². The first kappa shape index (κ1) is 20.5. The summed E-state index contributed by atoms with van der Waals surface area (Å²) in [6.45, 7) is 3.72. The van der Waals surface area contributed by atoms with Crippen LogP contribution in [0.3, 0.4) is 0 Å². The number of halogens is 1. The number of hydrogen-bond acceptors (Lipinski definition) is 9. The maximum atomic E-state index is 11.6. The van der Waals surface area contributed by atoms with Gasteiger partial charge in [0.25, 0.3) is 0 Å². The molecule has 4 atom stereocenters. The third-order valence-electron chi connectivity index (χ3n) is 3.27. The first-order valence-electron chi connectivity index (χ1n) is 7.68. The molecule has 0 unspecified atom stereocenters. The number of nitrogens with zero attached hydrogens (tertiary/aromatic N) is 1. The Morgan fingerprint density at radius 2 is 1.69 bits per heavy atom. The monoisotopic (exact) mass is 447 g/mol. The van der Waals surface area contributed by atoms with Crippen molar-refractivity contribution in [3.05, 3.63) is 22.9 Å². The summed E-state index contributed by atoms with van der Waals surface area (Å²) in [5.41, 5.74) is -0.685. The second-order valence-electron chi connectivity index (χ2n) is 5.41. The van der Waals surface area contributed by atoms with Gasteiger partial charge < -0.3 is 18.9 Å². The van der Waals surface area contributed by atoms with E-state index in [0.29, 0.717) is 16.1 Å². The topological polar surface area (TPSA) is 101 Å². The lowest BCUT2D eigenvalue weighted by Crippen LogP contribution is -2.55. The third kappa shape index (κ3) is 5.60. The molecule has 10 heteroatoms. The van der Waals surface area contributed by atoms with Crippen molar-refractivity contribution in [3.63, 3.8) is 0 Å². The fraction of sp³-hybridized carbons (Fsp3) is 0.500. The van der Waals surface area contributed by atoms with E-state index in [1.807, 2.05) is 0 Å². The average Bonchev–Trinajstić information content (AvgIpc) is 2.53. The summed E-state index contributed by atoms with van der Waals surface area (Å²) < 4.78 is 22.3. The number of thioether (sulfide) groups is 1. The zero-order valence-electron chi connectivity index (χ0n) is 14.3. The Kier molecular flexibility index (Phi) is 7.27. The first-order chi connectivity index (χ1) is 12.3. The number of pyridine rings is 1. The molecule has 0 saturated carbocycles. The van der Waals surface area contributed by atoms with Gasteiger partial charge in [-0.05, 0) is 28.1 Å². The zero-order chi connectivity index (χ0) is 19.3. The molecular weight excluding hydrogens is 430 g/mol. The highest BCUT2D eigenvalue weighted by Crippen LogP contribution is 2.35. The van der Waals surface area contributed by atoms with Gasteiger partial charge in [0.15, 0.2) is 29.5 Å². The molecule has 0 spiro atoms. The maximum Gasteiger partial charge on any atom is 0.303 e. The van der Waals surface area contributed by atoms with E-state index in [1.54, 1.807) is 18.3 Å². The van der Waals surface area contributed by atoms with E-state index in [-0.39, 0.29) is 0 Å². The van der Waals surface area contributed by atoms with E-state index in [9.17, 15) is 14.4 Å². The summed E-state index contributed by atoms with van der Waals surface area (Å²) in [6, 6.07) is 3.39. The van der Waals surface area contributed by atoms with Crippen molar-refractivity contribution in [2.75, 3.05) is 5.75 Å². The van der Waals surface area contributed by atoms with Gasteiger partial charge in [0.1, 0.15) is 4.60 Å². The van der Waals surface area contributed by atoms with Crippen LogP contribution in [0.5, 0.6) is 5.75 Å². The number of ether oxygens (including phenoxy) is 4. The molecule has 0 radical (unpaired) electrons. The highest BCUT2D eigenvalue weighted by Gasteiger charge is 2.47. The van der Waals surface area contributed by atoms with E-state index >= 15 is 0 Å². The van der Waals surface area contributed by atoms with Gasteiger partial charge in [-0.15, -0.1) is 11.8 Å². The molecule has 26 heavy (non-hydrogen) atoms. The molecule has 0 N–H and O–H groups in total. The standard InChI is InChI=1S/C16H18BrNO7S/c1-8(19)22-12-7-26-16(25-11-5-4-6-18-15(11)17)14(24-10(3)21)13(12)23-9(2)20/h4-6,12-14,16H,7H2,1-3H3/t12-,13+,14-,16+/m1/s1. The fourth-order valence-electron chi connectivity index (χ4n) is 2.39. The van der Waals surface area contributed by atoms with E-state index in [1.165, 1.54) is 32.5 Å². The SMILES string of the molecule is CC(=O)O[C@@H]1[C@@H](OC(C)=O)[C@@H](Oc2cccnc2Br)SC[C@H]1OC(C)=O. The lowest BCUT2D eigenvalue weighted by Gasteiger charge is -2.39. The van der Waals surface area contributed by atoms with Gasteiger partial charge in [0, 0.05) is 32.7 Å². The van der Waals surface area contributed by atoms with Crippen LogP contribution < -0.4 is 4.74 Å². The van der Waals surface area contributed by atoms with Gasteiger partial charge in [-0.25, -0.2) is 4.98 Å². The highest BCUT2D eigenvalue weighted by atomic mass is 79.9. The Morgan fingerprint density at radius 1 is 1.08 bits per heavy atom. The van der Waals surface area contributed by atoms with Gasteiger partial charge in [0.05, 0.1) is 0 Å². The molecule has 1 aliphatic heterocycles. The van der Waals surface area contributed by atoms with Gasteiger partial charge in [-0.3, -0.25) is 14.4 Å². The maximum absolute atomic E-state index is 11.6. The Morgan fingerprint density at radius 3 is 2.27 bits per heavy atom. The van der Waals surface area contributed by atoms with Crippen LogP contribution in [-0.2, 0) is 28.6 Å². The van der Waals surface area contributed by atoms with Crippen molar-refractivity contribution in [3.8, 4) is 5.75 Å². The van der Waals surface area contributed by atoms with Crippen LogP contribution in [0.25, 0.3) is 0 Å². The molecule has 1 aromatic heterocycles. The molecular formula is C16H18BrNO7S. The van der Waals surface area contributed by atoms with E-state index in [4.69, 9.17) is 18.9 Å². The summed E-state index contributed by atoms with van der Waals surface area (Å²) in [6.07, 6.45) is -1.12. The minimum atomic E-state index is -0.984. The lowest BCUT2D eigenvalue weighted by molar-refractivity contribution is -0.186. The molecule has 8 nitrogen and oxygen atoms in total. The van der Waals surface area contributed by atoms with Crippen LogP contribution in [0, 0.1) is 0 Å². The molecule has 1 saturated heterocycles. The minimum absolute atomic E-state index is 0.303. The summed E-state index contributed by atoms with van der Waals surface area (Å²) in [5, 5.41) is 0. The number of aromatic nitrogens is 1. The summed E-state index contributed by atoms with van der Waals surface area (Å²) in [4.78, 5) is 38.5. The Hall–Kier alpha value is -1.81. The number of carbonyl (C=O) groups is 3. The van der Waals surface area contributed by atoms with Crippen LogP contribution in [0.4, 0.5) is 0 Å². The Labute approximate surface area is 163 Å². The van der Waals surface area contributed by atoms with Crippen LogP contribution in [0.2, 0.25) is 0 Å². The lowest BCUT2D eigenvalue weighted by atomic mass is 10.1. The van der Waals surface area contributed by atoms with Crippen molar-refractivity contribution in [2.24, 2.45) is 0 Å². The largest absolute Gasteiger partial charge is 0.473 e. The Balaban J connectivity index is 2.29. The van der Waals surface area contributed by atoms with Crippen molar-refractivity contribution in [1.29, 1.82) is 0 Å². The molecule has 2 heterocycles.